The Balaban J connectivity index is 2.33. The maximum Gasteiger partial charge on any atom is 0.407 e. The highest BCUT2D eigenvalue weighted by Gasteiger charge is 2.36. The second-order valence-electron chi connectivity index (χ2n) is 5.78. The molecule has 2 unspecified atom stereocenters. The van der Waals surface area contributed by atoms with Gasteiger partial charge in [-0.2, -0.15) is 0 Å². The van der Waals surface area contributed by atoms with E-state index in [-0.39, 0.29) is 18.4 Å². The van der Waals surface area contributed by atoms with Crippen molar-refractivity contribution >= 4 is 12.0 Å². The Morgan fingerprint density at radius 2 is 2.16 bits per heavy atom. The van der Waals surface area contributed by atoms with Crippen molar-refractivity contribution in [3.63, 3.8) is 0 Å². The van der Waals surface area contributed by atoms with E-state index in [0.29, 0.717) is 13.0 Å². The lowest BCUT2D eigenvalue weighted by Crippen LogP contribution is -2.41. The molecule has 19 heavy (non-hydrogen) atoms. The zero-order valence-corrected chi connectivity index (χ0v) is 12.1. The zero-order chi connectivity index (χ0) is 14.6. The van der Waals surface area contributed by atoms with E-state index in [1.807, 2.05) is 6.92 Å². The number of aliphatic hydroxyl groups is 1. The fourth-order valence-electron chi connectivity index (χ4n) is 2.06. The van der Waals surface area contributed by atoms with Crippen LogP contribution in [0.15, 0.2) is 0 Å². The first-order valence-corrected chi connectivity index (χ1v) is 6.70. The molecule has 0 saturated carbocycles. The van der Waals surface area contributed by atoms with Crippen molar-refractivity contribution in [1.82, 2.24) is 10.2 Å². The summed E-state index contributed by atoms with van der Waals surface area (Å²) in [7, 11) is 0. The molecule has 2 amide bonds. The number of nitrogens with one attached hydrogen (secondary N) is 1. The molecule has 0 aromatic carbocycles. The molecule has 2 atom stereocenters. The van der Waals surface area contributed by atoms with Gasteiger partial charge in [0.2, 0.25) is 5.91 Å². The van der Waals surface area contributed by atoms with E-state index in [0.717, 1.165) is 6.42 Å². The molecule has 110 valence electrons. The van der Waals surface area contributed by atoms with Crippen molar-refractivity contribution in [1.29, 1.82) is 0 Å². The van der Waals surface area contributed by atoms with Crippen molar-refractivity contribution in [3.8, 4) is 0 Å². The number of amides is 2. The summed E-state index contributed by atoms with van der Waals surface area (Å²) in [5.74, 6) is -0.141. The van der Waals surface area contributed by atoms with Crippen LogP contribution in [0.4, 0.5) is 4.79 Å². The van der Waals surface area contributed by atoms with Crippen LogP contribution in [0, 0.1) is 5.92 Å². The molecule has 1 saturated heterocycles. The summed E-state index contributed by atoms with van der Waals surface area (Å²) in [6.07, 6.45) is -0.0493. The highest BCUT2D eigenvalue weighted by Crippen LogP contribution is 2.24. The number of hydrogen-bond acceptors (Lipinski definition) is 4. The van der Waals surface area contributed by atoms with Crippen LogP contribution in [0.3, 0.4) is 0 Å². The van der Waals surface area contributed by atoms with E-state index in [1.54, 1.807) is 20.8 Å². The number of nitrogens with zero attached hydrogens (tertiary/aromatic N) is 1. The fourth-order valence-corrected chi connectivity index (χ4v) is 2.06. The highest BCUT2D eigenvalue weighted by molar-refractivity contribution is 5.81. The number of rotatable bonds is 4. The van der Waals surface area contributed by atoms with Gasteiger partial charge >= 0.3 is 6.09 Å². The van der Waals surface area contributed by atoms with Gasteiger partial charge in [-0.15, -0.1) is 0 Å². The largest absolute Gasteiger partial charge is 0.444 e. The smallest absolute Gasteiger partial charge is 0.407 e. The summed E-state index contributed by atoms with van der Waals surface area (Å²) in [5, 5.41) is 12.3. The average Bonchev–Trinajstić information content (AvgIpc) is 2.53. The summed E-state index contributed by atoms with van der Waals surface area (Å²) in [4.78, 5) is 24.7. The number of ether oxygens (including phenoxy) is 1. The second kappa shape index (κ2) is 6.23. The molecule has 0 aliphatic carbocycles. The number of alkyl carbamates (subject to hydrolysis) is 1. The minimum Gasteiger partial charge on any atom is -0.444 e. The Labute approximate surface area is 114 Å². The number of likely N-dealkylation sites (tertiary alicyclic amines) is 1. The van der Waals surface area contributed by atoms with Gasteiger partial charge in [-0.1, -0.05) is 6.92 Å². The molecular formula is C13H24N2O4. The first kappa shape index (κ1) is 15.8. The molecule has 0 radical (unpaired) electrons. The molecule has 0 spiro atoms. The summed E-state index contributed by atoms with van der Waals surface area (Å²) >= 11 is 0. The summed E-state index contributed by atoms with van der Waals surface area (Å²) in [5.41, 5.74) is -0.541. The SMILES string of the molecule is CCC1CC(O)N(CCNC(=O)OC(C)(C)C)C1=O. The monoisotopic (exact) mass is 272 g/mol. The molecule has 1 aliphatic rings. The van der Waals surface area contributed by atoms with Crippen molar-refractivity contribution < 1.29 is 19.4 Å². The van der Waals surface area contributed by atoms with E-state index in [4.69, 9.17) is 4.74 Å². The third kappa shape index (κ3) is 4.70. The van der Waals surface area contributed by atoms with Crippen LogP contribution in [0.25, 0.3) is 0 Å². The minimum absolute atomic E-state index is 0.0408. The highest BCUT2D eigenvalue weighted by atomic mass is 16.6. The molecule has 0 aromatic heterocycles. The van der Waals surface area contributed by atoms with Gasteiger partial charge in [-0.05, 0) is 27.2 Å². The molecule has 1 aliphatic heterocycles. The molecular weight excluding hydrogens is 248 g/mol. The average molecular weight is 272 g/mol. The van der Waals surface area contributed by atoms with Crippen LogP contribution < -0.4 is 5.32 Å². The molecule has 6 heteroatoms. The van der Waals surface area contributed by atoms with Gasteiger partial charge < -0.3 is 20.1 Å². The lowest BCUT2D eigenvalue weighted by Gasteiger charge is -2.22. The number of carbonyl (C=O) groups is 2. The van der Waals surface area contributed by atoms with Crippen molar-refractivity contribution in [2.45, 2.75) is 52.4 Å². The topological polar surface area (TPSA) is 78.9 Å². The lowest BCUT2D eigenvalue weighted by atomic mass is 10.1. The summed E-state index contributed by atoms with van der Waals surface area (Å²) < 4.78 is 5.08. The van der Waals surface area contributed by atoms with Crippen LogP contribution >= 0.6 is 0 Å². The predicted molar refractivity (Wildman–Crippen MR) is 70.4 cm³/mol. The van der Waals surface area contributed by atoms with E-state index >= 15 is 0 Å². The minimum atomic E-state index is -0.738. The van der Waals surface area contributed by atoms with Crippen LogP contribution in [0.1, 0.15) is 40.5 Å². The maximum atomic E-state index is 11.9. The van der Waals surface area contributed by atoms with Gasteiger partial charge in [0.25, 0.3) is 0 Å². The van der Waals surface area contributed by atoms with E-state index < -0.39 is 17.9 Å². The van der Waals surface area contributed by atoms with Gasteiger partial charge in [-0.3, -0.25) is 4.79 Å². The lowest BCUT2D eigenvalue weighted by molar-refractivity contribution is -0.135. The molecule has 0 aromatic rings. The van der Waals surface area contributed by atoms with Gasteiger partial charge in [-0.25, -0.2) is 4.79 Å². The standard InChI is InChI=1S/C13H24N2O4/c1-5-9-8-10(16)15(11(9)17)7-6-14-12(18)19-13(2,3)4/h9-10,16H,5-8H2,1-4H3,(H,14,18). The Kier molecular flexibility index (Phi) is 5.17. The second-order valence-corrected chi connectivity index (χ2v) is 5.78. The third-order valence-electron chi connectivity index (χ3n) is 3.00. The molecule has 0 bridgehead atoms. The van der Waals surface area contributed by atoms with Gasteiger partial charge in [0.1, 0.15) is 11.8 Å². The van der Waals surface area contributed by atoms with Crippen molar-refractivity contribution in [3.05, 3.63) is 0 Å². The quantitative estimate of drug-likeness (QED) is 0.803. The molecule has 1 heterocycles. The fraction of sp³-hybridized carbons (Fsp3) is 0.846. The molecule has 2 N–H and O–H groups in total. The first-order valence-electron chi connectivity index (χ1n) is 6.70. The zero-order valence-electron chi connectivity index (χ0n) is 12.1. The van der Waals surface area contributed by atoms with Crippen LogP contribution in [-0.4, -0.2) is 46.9 Å². The van der Waals surface area contributed by atoms with Crippen molar-refractivity contribution in [2.75, 3.05) is 13.1 Å². The van der Waals surface area contributed by atoms with Crippen molar-refractivity contribution in [2.24, 2.45) is 5.92 Å². The summed E-state index contributed by atoms with van der Waals surface area (Å²) in [6, 6.07) is 0. The van der Waals surface area contributed by atoms with Crippen LogP contribution in [-0.2, 0) is 9.53 Å². The predicted octanol–water partition coefficient (Wildman–Crippen LogP) is 1.09. The summed E-state index contributed by atoms with van der Waals surface area (Å²) in [6.45, 7) is 7.85. The molecule has 1 fully saturated rings. The Morgan fingerprint density at radius 3 is 2.63 bits per heavy atom. The Bertz CT molecular complexity index is 338. The van der Waals surface area contributed by atoms with Gasteiger partial charge in [0.15, 0.2) is 0 Å². The third-order valence-corrected chi connectivity index (χ3v) is 3.00. The molecule has 6 nitrogen and oxygen atoms in total. The van der Waals surface area contributed by atoms with Crippen LogP contribution in [0.5, 0.6) is 0 Å². The number of hydrogen-bond donors (Lipinski definition) is 2. The van der Waals surface area contributed by atoms with Crippen LogP contribution in [0.2, 0.25) is 0 Å². The van der Waals surface area contributed by atoms with Gasteiger partial charge in [0, 0.05) is 25.4 Å². The van der Waals surface area contributed by atoms with E-state index in [1.165, 1.54) is 4.90 Å². The normalized spacial score (nSPS) is 23.6. The molecule has 1 rings (SSSR count). The Hall–Kier alpha value is -1.30. The number of carbonyl (C=O) groups excluding carboxylic acids is 2. The Morgan fingerprint density at radius 1 is 1.53 bits per heavy atom. The van der Waals surface area contributed by atoms with Gasteiger partial charge in [0.05, 0.1) is 0 Å². The number of aliphatic hydroxyl groups excluding tert-OH is 1. The van der Waals surface area contributed by atoms with E-state index in [2.05, 4.69) is 5.32 Å². The first-order chi connectivity index (χ1) is 8.74. The maximum absolute atomic E-state index is 11.9. The van der Waals surface area contributed by atoms with E-state index in [9.17, 15) is 14.7 Å².